The highest BCUT2D eigenvalue weighted by molar-refractivity contribution is 8.00. The van der Waals surface area contributed by atoms with Gasteiger partial charge in [-0.15, -0.1) is 11.8 Å². The summed E-state index contributed by atoms with van der Waals surface area (Å²) in [5, 5.41) is 7.12. The first-order chi connectivity index (χ1) is 11.6. The summed E-state index contributed by atoms with van der Waals surface area (Å²) in [5.41, 5.74) is 0.796. The largest absolute Gasteiger partial charge is 0.309 e. The predicted molar refractivity (Wildman–Crippen MR) is 95.4 cm³/mol. The Morgan fingerprint density at radius 1 is 1.38 bits per heavy atom. The van der Waals surface area contributed by atoms with Crippen LogP contribution in [-0.4, -0.2) is 33.9 Å². The van der Waals surface area contributed by atoms with E-state index in [0.29, 0.717) is 11.6 Å². The van der Waals surface area contributed by atoms with Gasteiger partial charge in [0.15, 0.2) is 0 Å². The van der Waals surface area contributed by atoms with E-state index in [2.05, 4.69) is 17.3 Å². The van der Waals surface area contributed by atoms with Crippen LogP contribution in [0.15, 0.2) is 41.4 Å². The summed E-state index contributed by atoms with van der Waals surface area (Å²) in [4.78, 5) is 27.2. The first kappa shape index (κ1) is 16.6. The van der Waals surface area contributed by atoms with Gasteiger partial charge in [0.05, 0.1) is 23.7 Å². The molecule has 6 nitrogen and oxygen atoms in total. The molecule has 1 aliphatic heterocycles. The molecule has 1 aromatic carbocycles. The van der Waals surface area contributed by atoms with Crippen molar-refractivity contribution in [1.29, 1.82) is 0 Å². The minimum atomic E-state index is -0.227. The van der Waals surface area contributed by atoms with Crippen LogP contribution in [0, 0.1) is 0 Å². The van der Waals surface area contributed by atoms with Crippen LogP contribution in [0.3, 0.4) is 0 Å². The number of carbonyl (C=O) groups is 2. The van der Waals surface area contributed by atoms with Crippen LogP contribution < -0.4 is 10.2 Å². The molecule has 0 aliphatic carbocycles. The molecule has 0 fully saturated rings. The van der Waals surface area contributed by atoms with E-state index in [1.807, 2.05) is 31.2 Å². The van der Waals surface area contributed by atoms with Crippen LogP contribution in [0.25, 0.3) is 0 Å². The fraction of sp³-hybridized carbons (Fsp3) is 0.353. The SMILES string of the molecule is CCC(C)n1nccc1NC(=O)CN1C(=O)CSc2ccccc21. The summed E-state index contributed by atoms with van der Waals surface area (Å²) in [6.45, 7) is 4.12. The maximum atomic E-state index is 12.4. The third kappa shape index (κ3) is 3.31. The Morgan fingerprint density at radius 2 is 2.17 bits per heavy atom. The van der Waals surface area contributed by atoms with Gasteiger partial charge in [0, 0.05) is 11.0 Å². The Balaban J connectivity index is 1.74. The topological polar surface area (TPSA) is 67.2 Å². The summed E-state index contributed by atoms with van der Waals surface area (Å²) in [6, 6.07) is 9.62. The van der Waals surface area contributed by atoms with Crippen LogP contribution in [0.2, 0.25) is 0 Å². The number of thioether (sulfide) groups is 1. The monoisotopic (exact) mass is 344 g/mol. The third-order valence-electron chi connectivity index (χ3n) is 4.06. The molecule has 1 unspecified atom stereocenters. The number of fused-ring (bicyclic) bond motifs is 1. The quantitative estimate of drug-likeness (QED) is 0.905. The smallest absolute Gasteiger partial charge is 0.245 e. The second-order valence-electron chi connectivity index (χ2n) is 5.70. The maximum Gasteiger partial charge on any atom is 0.245 e. The molecule has 2 aromatic rings. The van der Waals surface area contributed by atoms with Gasteiger partial charge in [0.25, 0.3) is 0 Å². The molecule has 1 atom stereocenters. The van der Waals surface area contributed by atoms with Gasteiger partial charge in [-0.1, -0.05) is 19.1 Å². The number of nitrogens with one attached hydrogen (secondary N) is 1. The molecule has 1 aliphatic rings. The highest BCUT2D eigenvalue weighted by Gasteiger charge is 2.26. The zero-order valence-electron chi connectivity index (χ0n) is 13.7. The molecule has 1 aromatic heterocycles. The molecular weight excluding hydrogens is 324 g/mol. The summed E-state index contributed by atoms with van der Waals surface area (Å²) >= 11 is 1.51. The lowest BCUT2D eigenvalue weighted by Crippen LogP contribution is -2.41. The number of para-hydroxylation sites is 1. The first-order valence-electron chi connectivity index (χ1n) is 7.95. The zero-order chi connectivity index (χ0) is 17.1. The molecule has 2 heterocycles. The van der Waals surface area contributed by atoms with E-state index >= 15 is 0 Å². The molecule has 126 valence electrons. The number of benzene rings is 1. The number of carbonyl (C=O) groups excluding carboxylic acids is 2. The summed E-state index contributed by atoms with van der Waals surface area (Å²) < 4.78 is 1.79. The van der Waals surface area contributed by atoms with Crippen LogP contribution in [-0.2, 0) is 9.59 Å². The fourth-order valence-corrected chi connectivity index (χ4v) is 3.53. The summed E-state index contributed by atoms with van der Waals surface area (Å²) in [6.07, 6.45) is 2.58. The lowest BCUT2D eigenvalue weighted by Gasteiger charge is -2.28. The van der Waals surface area contributed by atoms with Gasteiger partial charge in [0.1, 0.15) is 12.4 Å². The second-order valence-corrected chi connectivity index (χ2v) is 6.72. The van der Waals surface area contributed by atoms with Gasteiger partial charge < -0.3 is 10.2 Å². The van der Waals surface area contributed by atoms with Crippen molar-refractivity contribution in [3.63, 3.8) is 0 Å². The molecule has 3 rings (SSSR count). The van der Waals surface area contributed by atoms with Gasteiger partial charge >= 0.3 is 0 Å². The molecule has 0 spiro atoms. The third-order valence-corrected chi connectivity index (χ3v) is 5.10. The van der Waals surface area contributed by atoms with Crippen LogP contribution in [0.4, 0.5) is 11.5 Å². The van der Waals surface area contributed by atoms with Crippen LogP contribution in [0.1, 0.15) is 26.3 Å². The van der Waals surface area contributed by atoms with Crippen molar-refractivity contribution in [2.45, 2.75) is 31.2 Å². The van der Waals surface area contributed by atoms with Crippen molar-refractivity contribution in [3.8, 4) is 0 Å². The molecular formula is C17H20N4O2S. The minimum absolute atomic E-state index is 0.00208. The molecule has 24 heavy (non-hydrogen) atoms. The Bertz CT molecular complexity index is 759. The Kier molecular flexibility index (Phi) is 4.89. The lowest BCUT2D eigenvalue weighted by molar-refractivity contribution is -0.120. The number of nitrogens with zero attached hydrogens (tertiary/aromatic N) is 3. The highest BCUT2D eigenvalue weighted by Crippen LogP contribution is 2.34. The second kappa shape index (κ2) is 7.09. The van der Waals surface area contributed by atoms with Gasteiger partial charge in [-0.2, -0.15) is 5.10 Å². The Hall–Kier alpha value is -2.28. The number of anilines is 2. The van der Waals surface area contributed by atoms with Gasteiger partial charge in [0.2, 0.25) is 11.8 Å². The van der Waals surface area contributed by atoms with E-state index in [9.17, 15) is 9.59 Å². The van der Waals surface area contributed by atoms with E-state index in [4.69, 9.17) is 0 Å². The van der Waals surface area contributed by atoms with Gasteiger partial charge in [-0.3, -0.25) is 9.59 Å². The number of aromatic nitrogens is 2. The van der Waals surface area contributed by atoms with Crippen molar-refractivity contribution >= 4 is 35.1 Å². The van der Waals surface area contributed by atoms with E-state index in [0.717, 1.165) is 17.0 Å². The predicted octanol–water partition coefficient (Wildman–Crippen LogP) is 2.93. The Morgan fingerprint density at radius 3 is 2.96 bits per heavy atom. The van der Waals surface area contributed by atoms with E-state index in [-0.39, 0.29) is 24.4 Å². The average molecular weight is 344 g/mol. The molecule has 1 N–H and O–H groups in total. The average Bonchev–Trinajstić information content (AvgIpc) is 3.04. The Labute approximate surface area is 145 Å². The van der Waals surface area contributed by atoms with E-state index < -0.39 is 0 Å². The van der Waals surface area contributed by atoms with Crippen molar-refractivity contribution < 1.29 is 9.59 Å². The molecule has 0 radical (unpaired) electrons. The summed E-state index contributed by atoms with van der Waals surface area (Å²) in [5.74, 6) is 0.732. The molecule has 0 saturated carbocycles. The van der Waals surface area contributed by atoms with Crippen molar-refractivity contribution in [1.82, 2.24) is 9.78 Å². The normalized spacial score (nSPS) is 15.1. The van der Waals surface area contributed by atoms with Crippen LogP contribution in [0.5, 0.6) is 0 Å². The molecule has 2 amide bonds. The first-order valence-corrected chi connectivity index (χ1v) is 8.94. The van der Waals surface area contributed by atoms with Gasteiger partial charge in [-0.05, 0) is 25.5 Å². The molecule has 0 bridgehead atoms. The standard InChI is InChI=1S/C17H20N4O2S/c1-3-12(2)21-15(8-9-18-21)19-16(22)10-20-13-6-4-5-7-14(13)24-11-17(20)23/h4-9,12H,3,10-11H2,1-2H3,(H,19,22). The molecule has 0 saturated heterocycles. The van der Waals surface area contributed by atoms with Crippen LogP contribution >= 0.6 is 11.8 Å². The maximum absolute atomic E-state index is 12.4. The number of rotatable bonds is 5. The minimum Gasteiger partial charge on any atom is -0.309 e. The van der Waals surface area contributed by atoms with Crippen molar-refractivity contribution in [2.24, 2.45) is 0 Å². The zero-order valence-corrected chi connectivity index (χ0v) is 14.5. The molecule has 7 heteroatoms. The van der Waals surface area contributed by atoms with Crippen molar-refractivity contribution in [3.05, 3.63) is 36.5 Å². The fourth-order valence-electron chi connectivity index (χ4n) is 2.59. The van der Waals surface area contributed by atoms with Gasteiger partial charge in [-0.25, -0.2) is 4.68 Å². The number of amides is 2. The van der Waals surface area contributed by atoms with E-state index in [1.165, 1.54) is 11.8 Å². The number of hydrogen-bond donors (Lipinski definition) is 1. The summed E-state index contributed by atoms with van der Waals surface area (Å²) in [7, 11) is 0. The highest BCUT2D eigenvalue weighted by atomic mass is 32.2. The number of hydrogen-bond acceptors (Lipinski definition) is 4. The lowest BCUT2D eigenvalue weighted by atomic mass is 10.2. The van der Waals surface area contributed by atoms with E-state index in [1.54, 1.807) is 21.8 Å². The van der Waals surface area contributed by atoms with Crippen molar-refractivity contribution in [2.75, 3.05) is 22.5 Å².